The van der Waals surface area contributed by atoms with Gasteiger partial charge in [0.15, 0.2) is 5.96 Å². The second-order valence-electron chi connectivity index (χ2n) is 7.32. The van der Waals surface area contributed by atoms with E-state index in [2.05, 4.69) is 31.1 Å². The van der Waals surface area contributed by atoms with E-state index in [0.29, 0.717) is 12.5 Å². The molecular formula is C15H29N3O2. The second-order valence-corrected chi connectivity index (χ2v) is 7.32. The Labute approximate surface area is 122 Å². The van der Waals surface area contributed by atoms with Gasteiger partial charge in [0.1, 0.15) is 0 Å². The normalized spacial score (nSPS) is 30.7. The molecule has 0 aromatic rings. The van der Waals surface area contributed by atoms with Gasteiger partial charge in [-0.15, -0.1) is 0 Å². The molecule has 2 atom stereocenters. The lowest BCUT2D eigenvalue weighted by Crippen LogP contribution is -2.45. The first-order valence-corrected chi connectivity index (χ1v) is 7.66. The zero-order valence-electron chi connectivity index (χ0n) is 13.0. The Balaban J connectivity index is 1.90. The van der Waals surface area contributed by atoms with Crippen LogP contribution in [0.1, 0.15) is 46.5 Å². The topological polar surface area (TPSA) is 79.9 Å². The summed E-state index contributed by atoms with van der Waals surface area (Å²) in [4.78, 5) is 4.41. The Hall–Kier alpha value is -0.810. The molecule has 1 spiro atoms. The molecule has 20 heavy (non-hydrogen) atoms. The summed E-state index contributed by atoms with van der Waals surface area (Å²) in [5.41, 5.74) is 5.89. The van der Waals surface area contributed by atoms with E-state index in [9.17, 15) is 5.11 Å². The molecule has 2 unspecified atom stereocenters. The molecule has 5 nitrogen and oxygen atoms in total. The molecule has 5 heteroatoms. The van der Waals surface area contributed by atoms with Crippen molar-refractivity contribution in [3.63, 3.8) is 0 Å². The van der Waals surface area contributed by atoms with E-state index in [-0.39, 0.29) is 23.0 Å². The molecule has 0 amide bonds. The first kappa shape index (κ1) is 15.6. The Morgan fingerprint density at radius 2 is 2.00 bits per heavy atom. The summed E-state index contributed by atoms with van der Waals surface area (Å²) in [6.07, 6.45) is 3.81. The third-order valence-corrected chi connectivity index (χ3v) is 4.57. The third-order valence-electron chi connectivity index (χ3n) is 4.57. The predicted molar refractivity (Wildman–Crippen MR) is 80.6 cm³/mol. The van der Waals surface area contributed by atoms with E-state index >= 15 is 0 Å². The molecular weight excluding hydrogens is 254 g/mol. The van der Waals surface area contributed by atoms with Gasteiger partial charge in [0, 0.05) is 36.6 Å². The Morgan fingerprint density at radius 1 is 1.35 bits per heavy atom. The van der Waals surface area contributed by atoms with Crippen molar-refractivity contribution in [2.45, 2.75) is 58.1 Å². The van der Waals surface area contributed by atoms with Crippen molar-refractivity contribution in [1.82, 2.24) is 5.32 Å². The molecule has 2 rings (SSSR count). The lowest BCUT2D eigenvalue weighted by molar-refractivity contribution is -0.0549. The maximum atomic E-state index is 10.6. The van der Waals surface area contributed by atoms with E-state index in [0.717, 1.165) is 38.9 Å². The average Bonchev–Trinajstić information content (AvgIpc) is 2.64. The first-order chi connectivity index (χ1) is 9.32. The summed E-state index contributed by atoms with van der Waals surface area (Å²) in [6.45, 7) is 8.32. The number of nitrogens with one attached hydrogen (secondary N) is 1. The summed E-state index contributed by atoms with van der Waals surface area (Å²) in [5, 5.41) is 13.8. The van der Waals surface area contributed by atoms with Crippen LogP contribution < -0.4 is 11.1 Å². The maximum absolute atomic E-state index is 10.6. The zero-order valence-corrected chi connectivity index (χ0v) is 13.0. The van der Waals surface area contributed by atoms with Crippen molar-refractivity contribution in [3.05, 3.63) is 0 Å². The Morgan fingerprint density at radius 3 is 2.60 bits per heavy atom. The van der Waals surface area contributed by atoms with Crippen molar-refractivity contribution in [1.29, 1.82) is 0 Å². The van der Waals surface area contributed by atoms with Gasteiger partial charge in [0.2, 0.25) is 0 Å². The zero-order chi connectivity index (χ0) is 14.8. The molecule has 1 heterocycles. The number of aliphatic imine (C=N–C) groups is 1. The fourth-order valence-corrected chi connectivity index (χ4v) is 3.43. The van der Waals surface area contributed by atoms with Crippen LogP contribution in [0.3, 0.4) is 0 Å². The highest BCUT2D eigenvalue weighted by atomic mass is 16.5. The number of hydrogen-bond donors (Lipinski definition) is 3. The van der Waals surface area contributed by atoms with Gasteiger partial charge in [-0.25, -0.2) is 0 Å². The van der Waals surface area contributed by atoms with Crippen LogP contribution in [-0.4, -0.2) is 42.5 Å². The van der Waals surface area contributed by atoms with Gasteiger partial charge >= 0.3 is 0 Å². The van der Waals surface area contributed by atoms with Crippen LogP contribution in [0.5, 0.6) is 0 Å². The molecule has 1 saturated carbocycles. The van der Waals surface area contributed by atoms with Gasteiger partial charge in [-0.1, -0.05) is 0 Å². The molecule has 2 fully saturated rings. The van der Waals surface area contributed by atoms with Gasteiger partial charge < -0.3 is 20.9 Å². The minimum Gasteiger partial charge on any atom is -0.392 e. The first-order valence-electron chi connectivity index (χ1n) is 7.66. The highest BCUT2D eigenvalue weighted by molar-refractivity contribution is 5.78. The summed E-state index contributed by atoms with van der Waals surface area (Å²) >= 11 is 0. The fraction of sp³-hybridized carbons (Fsp3) is 0.933. The predicted octanol–water partition coefficient (Wildman–Crippen LogP) is 1.26. The van der Waals surface area contributed by atoms with E-state index in [4.69, 9.17) is 10.5 Å². The molecule has 0 aromatic heterocycles. The number of hydrogen-bond acceptors (Lipinski definition) is 3. The largest absolute Gasteiger partial charge is 0.392 e. The van der Waals surface area contributed by atoms with Gasteiger partial charge in [-0.2, -0.15) is 0 Å². The molecule has 0 aromatic carbocycles. The number of aliphatic hydroxyl groups is 1. The van der Waals surface area contributed by atoms with E-state index < -0.39 is 0 Å². The molecule has 2 aliphatic rings. The average molecular weight is 283 g/mol. The van der Waals surface area contributed by atoms with E-state index in [1.165, 1.54) is 0 Å². The molecule has 0 bridgehead atoms. The van der Waals surface area contributed by atoms with Gasteiger partial charge in [0.05, 0.1) is 6.10 Å². The van der Waals surface area contributed by atoms with Crippen LogP contribution in [0.2, 0.25) is 0 Å². The standard InChI is InChI=1S/C15H29N3O2/c1-14(2,3)18-13(16)17-10-11-4-5-15(12(11)19)6-8-20-9-7-15/h11-12,19H,4-10H2,1-3H3,(H3,16,17,18). The fourth-order valence-electron chi connectivity index (χ4n) is 3.43. The molecule has 1 saturated heterocycles. The lowest BCUT2D eigenvalue weighted by Gasteiger charge is -2.37. The summed E-state index contributed by atoms with van der Waals surface area (Å²) in [6, 6.07) is 0. The smallest absolute Gasteiger partial charge is 0.188 e. The minimum absolute atomic E-state index is 0.0741. The SMILES string of the molecule is CC(C)(C)NC(N)=NCC1CCC2(CCOCC2)C1O. The number of nitrogens with zero attached hydrogens (tertiary/aromatic N) is 1. The van der Waals surface area contributed by atoms with Crippen molar-refractivity contribution < 1.29 is 9.84 Å². The van der Waals surface area contributed by atoms with Crippen LogP contribution in [0.15, 0.2) is 4.99 Å². The van der Waals surface area contributed by atoms with E-state index in [1.807, 2.05) is 0 Å². The third kappa shape index (κ3) is 3.64. The van der Waals surface area contributed by atoms with Crippen molar-refractivity contribution >= 4 is 5.96 Å². The van der Waals surface area contributed by atoms with Crippen LogP contribution >= 0.6 is 0 Å². The Bertz CT molecular complexity index is 357. The number of ether oxygens (including phenoxy) is 1. The molecule has 0 radical (unpaired) electrons. The van der Waals surface area contributed by atoms with Gasteiger partial charge in [-0.3, -0.25) is 4.99 Å². The van der Waals surface area contributed by atoms with Crippen LogP contribution in [0, 0.1) is 11.3 Å². The van der Waals surface area contributed by atoms with Gasteiger partial charge in [0.25, 0.3) is 0 Å². The quantitative estimate of drug-likeness (QED) is 0.526. The second kappa shape index (κ2) is 5.90. The monoisotopic (exact) mass is 283 g/mol. The number of nitrogens with two attached hydrogens (primary N) is 1. The van der Waals surface area contributed by atoms with Crippen LogP contribution in [-0.2, 0) is 4.74 Å². The molecule has 1 aliphatic carbocycles. The molecule has 116 valence electrons. The van der Waals surface area contributed by atoms with Crippen molar-refractivity contribution in [2.24, 2.45) is 22.1 Å². The summed E-state index contributed by atoms with van der Waals surface area (Å²) in [5.74, 6) is 0.700. The molecule has 1 aliphatic heterocycles. The van der Waals surface area contributed by atoms with E-state index in [1.54, 1.807) is 0 Å². The number of aliphatic hydroxyl groups excluding tert-OH is 1. The summed E-state index contributed by atoms with van der Waals surface area (Å²) in [7, 11) is 0. The Kier molecular flexibility index (Phi) is 4.59. The lowest BCUT2D eigenvalue weighted by atomic mass is 9.76. The van der Waals surface area contributed by atoms with Crippen LogP contribution in [0.4, 0.5) is 0 Å². The van der Waals surface area contributed by atoms with Gasteiger partial charge in [-0.05, 0) is 46.5 Å². The highest BCUT2D eigenvalue weighted by Crippen LogP contribution is 2.48. The maximum Gasteiger partial charge on any atom is 0.188 e. The van der Waals surface area contributed by atoms with Crippen LogP contribution in [0.25, 0.3) is 0 Å². The van der Waals surface area contributed by atoms with Crippen molar-refractivity contribution in [3.8, 4) is 0 Å². The highest BCUT2D eigenvalue weighted by Gasteiger charge is 2.47. The summed E-state index contributed by atoms with van der Waals surface area (Å²) < 4.78 is 5.42. The number of rotatable bonds is 2. The molecule has 4 N–H and O–H groups in total. The number of guanidine groups is 1. The minimum atomic E-state index is -0.266. The van der Waals surface area contributed by atoms with Crippen molar-refractivity contribution in [2.75, 3.05) is 19.8 Å².